The molecule has 0 saturated carbocycles. The van der Waals surface area contributed by atoms with Crippen LogP contribution >= 0.6 is 0 Å². The third kappa shape index (κ3) is 3.70. The van der Waals surface area contributed by atoms with Gasteiger partial charge in [0, 0.05) is 31.4 Å². The molecule has 2 rings (SSSR count). The fourth-order valence-electron chi connectivity index (χ4n) is 1.95. The Morgan fingerprint density at radius 2 is 2.16 bits per heavy atom. The lowest BCUT2D eigenvalue weighted by atomic mass is 10.1. The van der Waals surface area contributed by atoms with Gasteiger partial charge in [-0.1, -0.05) is 19.1 Å². The summed E-state index contributed by atoms with van der Waals surface area (Å²) in [4.78, 5) is 0. The standard InChI is InChI=1S/C16H19N3/c1-3-6-15(4-2)17-13-14-7-9-16(10-8-14)19-12-5-11-18-19/h1,5,7-12,15,17H,4,6,13H2,2H3. The molecule has 0 aliphatic carbocycles. The minimum Gasteiger partial charge on any atom is -0.309 e. The second kappa shape index (κ2) is 6.77. The maximum atomic E-state index is 5.35. The Labute approximate surface area is 114 Å². The normalized spacial score (nSPS) is 12.0. The van der Waals surface area contributed by atoms with Gasteiger partial charge in [-0.3, -0.25) is 0 Å². The Morgan fingerprint density at radius 1 is 1.37 bits per heavy atom. The van der Waals surface area contributed by atoms with Gasteiger partial charge in [0.05, 0.1) is 5.69 Å². The van der Waals surface area contributed by atoms with Crippen LogP contribution in [0, 0.1) is 12.3 Å². The molecule has 3 heteroatoms. The second-order valence-corrected chi connectivity index (χ2v) is 4.51. The maximum Gasteiger partial charge on any atom is 0.0645 e. The van der Waals surface area contributed by atoms with Gasteiger partial charge in [0.1, 0.15) is 0 Å². The number of hydrogen-bond acceptors (Lipinski definition) is 2. The second-order valence-electron chi connectivity index (χ2n) is 4.51. The Morgan fingerprint density at radius 3 is 2.74 bits per heavy atom. The van der Waals surface area contributed by atoms with Gasteiger partial charge < -0.3 is 5.32 Å². The fourth-order valence-corrected chi connectivity index (χ4v) is 1.95. The van der Waals surface area contributed by atoms with Crippen LogP contribution in [0.5, 0.6) is 0 Å². The fraction of sp³-hybridized carbons (Fsp3) is 0.312. The van der Waals surface area contributed by atoms with Crippen LogP contribution in [0.4, 0.5) is 0 Å². The highest BCUT2D eigenvalue weighted by Crippen LogP contribution is 2.09. The van der Waals surface area contributed by atoms with E-state index < -0.39 is 0 Å². The lowest BCUT2D eigenvalue weighted by Crippen LogP contribution is -2.27. The highest BCUT2D eigenvalue weighted by atomic mass is 15.3. The lowest BCUT2D eigenvalue weighted by Gasteiger charge is -2.14. The highest BCUT2D eigenvalue weighted by molar-refractivity contribution is 5.33. The van der Waals surface area contributed by atoms with E-state index in [1.807, 2.05) is 16.9 Å². The summed E-state index contributed by atoms with van der Waals surface area (Å²) in [6, 6.07) is 10.7. The maximum absolute atomic E-state index is 5.35. The summed E-state index contributed by atoms with van der Waals surface area (Å²) < 4.78 is 1.85. The van der Waals surface area contributed by atoms with Crippen LogP contribution in [0.1, 0.15) is 25.3 Å². The van der Waals surface area contributed by atoms with E-state index in [0.29, 0.717) is 6.04 Å². The van der Waals surface area contributed by atoms with Crippen molar-refractivity contribution in [2.24, 2.45) is 0 Å². The van der Waals surface area contributed by atoms with Gasteiger partial charge in [0.2, 0.25) is 0 Å². The molecule has 1 atom stereocenters. The van der Waals surface area contributed by atoms with E-state index >= 15 is 0 Å². The van der Waals surface area contributed by atoms with E-state index in [2.05, 4.69) is 47.5 Å². The number of aromatic nitrogens is 2. The monoisotopic (exact) mass is 253 g/mol. The zero-order chi connectivity index (χ0) is 13.5. The zero-order valence-corrected chi connectivity index (χ0v) is 11.2. The molecule has 1 N–H and O–H groups in total. The third-order valence-electron chi connectivity index (χ3n) is 3.16. The van der Waals surface area contributed by atoms with Gasteiger partial charge in [-0.2, -0.15) is 5.10 Å². The first-order valence-electron chi connectivity index (χ1n) is 6.59. The van der Waals surface area contributed by atoms with Crippen molar-refractivity contribution >= 4 is 0 Å². The van der Waals surface area contributed by atoms with Crippen molar-refractivity contribution in [2.75, 3.05) is 0 Å². The molecular weight excluding hydrogens is 234 g/mol. The predicted molar refractivity (Wildman–Crippen MR) is 77.9 cm³/mol. The van der Waals surface area contributed by atoms with Crippen molar-refractivity contribution in [2.45, 2.75) is 32.4 Å². The molecule has 0 amide bonds. The Hall–Kier alpha value is -2.05. The number of nitrogens with one attached hydrogen (secondary N) is 1. The summed E-state index contributed by atoms with van der Waals surface area (Å²) >= 11 is 0. The summed E-state index contributed by atoms with van der Waals surface area (Å²) in [6.45, 7) is 3.00. The van der Waals surface area contributed by atoms with Crippen molar-refractivity contribution in [1.29, 1.82) is 0 Å². The van der Waals surface area contributed by atoms with Crippen LogP contribution < -0.4 is 5.32 Å². The molecule has 0 saturated heterocycles. The number of rotatable bonds is 6. The SMILES string of the molecule is C#CCC(CC)NCc1ccc(-n2cccn2)cc1. The number of nitrogens with zero attached hydrogens (tertiary/aromatic N) is 2. The summed E-state index contributed by atoms with van der Waals surface area (Å²) in [5.74, 6) is 2.71. The molecule has 3 nitrogen and oxygen atoms in total. The van der Waals surface area contributed by atoms with E-state index in [9.17, 15) is 0 Å². The average molecular weight is 253 g/mol. The molecule has 0 spiro atoms. The minimum atomic E-state index is 0.399. The molecule has 0 aliphatic heterocycles. The van der Waals surface area contributed by atoms with E-state index in [0.717, 1.165) is 25.1 Å². The molecule has 1 aromatic carbocycles. The van der Waals surface area contributed by atoms with Crippen molar-refractivity contribution in [3.05, 3.63) is 48.3 Å². The molecule has 2 aromatic rings. The van der Waals surface area contributed by atoms with Crippen LogP contribution in [0.25, 0.3) is 5.69 Å². The number of terminal acetylenes is 1. The average Bonchev–Trinajstić information content (AvgIpc) is 2.98. The topological polar surface area (TPSA) is 29.9 Å². The van der Waals surface area contributed by atoms with Crippen LogP contribution in [0.15, 0.2) is 42.7 Å². The first-order chi connectivity index (χ1) is 9.33. The van der Waals surface area contributed by atoms with Gasteiger partial charge in [0.25, 0.3) is 0 Å². The molecule has 1 heterocycles. The first kappa shape index (κ1) is 13.4. The van der Waals surface area contributed by atoms with Crippen molar-refractivity contribution in [3.63, 3.8) is 0 Å². The van der Waals surface area contributed by atoms with Crippen molar-refractivity contribution < 1.29 is 0 Å². The van der Waals surface area contributed by atoms with Crippen molar-refractivity contribution in [1.82, 2.24) is 15.1 Å². The molecule has 0 aliphatic rings. The van der Waals surface area contributed by atoms with Gasteiger partial charge in [-0.15, -0.1) is 12.3 Å². The summed E-state index contributed by atoms with van der Waals surface area (Å²) in [7, 11) is 0. The van der Waals surface area contributed by atoms with Crippen LogP contribution in [-0.4, -0.2) is 15.8 Å². The largest absolute Gasteiger partial charge is 0.309 e. The smallest absolute Gasteiger partial charge is 0.0645 e. The van der Waals surface area contributed by atoms with E-state index in [1.54, 1.807) is 6.20 Å². The minimum absolute atomic E-state index is 0.399. The predicted octanol–water partition coefficient (Wildman–Crippen LogP) is 2.76. The van der Waals surface area contributed by atoms with Crippen LogP contribution in [0.3, 0.4) is 0 Å². The Kier molecular flexibility index (Phi) is 4.77. The quantitative estimate of drug-likeness (QED) is 0.802. The zero-order valence-electron chi connectivity index (χ0n) is 11.2. The number of benzene rings is 1. The highest BCUT2D eigenvalue weighted by Gasteiger charge is 2.03. The van der Waals surface area contributed by atoms with E-state index in [1.165, 1.54) is 5.56 Å². The van der Waals surface area contributed by atoms with Gasteiger partial charge >= 0.3 is 0 Å². The molecule has 0 fully saturated rings. The molecular formula is C16H19N3. The lowest BCUT2D eigenvalue weighted by molar-refractivity contribution is 0.507. The third-order valence-corrected chi connectivity index (χ3v) is 3.16. The summed E-state index contributed by atoms with van der Waals surface area (Å²) in [5.41, 5.74) is 2.33. The number of hydrogen-bond donors (Lipinski definition) is 1. The molecule has 1 aromatic heterocycles. The molecule has 0 radical (unpaired) electrons. The van der Waals surface area contributed by atoms with E-state index in [-0.39, 0.29) is 0 Å². The molecule has 0 bridgehead atoms. The van der Waals surface area contributed by atoms with Gasteiger partial charge in [0.15, 0.2) is 0 Å². The van der Waals surface area contributed by atoms with E-state index in [4.69, 9.17) is 6.42 Å². The molecule has 1 unspecified atom stereocenters. The molecule has 98 valence electrons. The van der Waals surface area contributed by atoms with Gasteiger partial charge in [-0.25, -0.2) is 4.68 Å². The van der Waals surface area contributed by atoms with Crippen LogP contribution in [0.2, 0.25) is 0 Å². The molecule has 19 heavy (non-hydrogen) atoms. The summed E-state index contributed by atoms with van der Waals surface area (Å²) in [5, 5.41) is 7.68. The Balaban J connectivity index is 1.94. The first-order valence-corrected chi connectivity index (χ1v) is 6.59. The van der Waals surface area contributed by atoms with Crippen LogP contribution in [-0.2, 0) is 6.54 Å². The van der Waals surface area contributed by atoms with Gasteiger partial charge in [-0.05, 0) is 30.2 Å². The Bertz CT molecular complexity index is 520. The van der Waals surface area contributed by atoms with Crippen molar-refractivity contribution in [3.8, 4) is 18.0 Å². The summed E-state index contributed by atoms with van der Waals surface area (Å²) in [6.07, 6.45) is 10.9.